The SMILES string of the molecule is CC1=C(C(=O)O[C@@H](C)CO[N+](=O)[O-])[C@H](c2cccc3nonc23)C([N+](=O)[O-])=C(C)C1. The highest BCUT2D eigenvalue weighted by Gasteiger charge is 2.42. The molecule has 2 aromatic rings. The Hall–Kier alpha value is -3.83. The number of aromatic nitrogens is 2. The molecule has 0 aliphatic heterocycles. The molecule has 3 rings (SSSR count). The van der Waals surface area contributed by atoms with Crippen LogP contribution in [0.4, 0.5) is 0 Å². The van der Waals surface area contributed by atoms with Gasteiger partial charge in [-0.2, -0.15) is 0 Å². The van der Waals surface area contributed by atoms with Gasteiger partial charge in [0.1, 0.15) is 29.7 Å². The molecule has 0 bridgehead atoms. The number of nitro groups is 1. The predicted octanol–water partition coefficient (Wildman–Crippen LogP) is 2.72. The maximum Gasteiger partial charge on any atom is 0.335 e. The second-order valence-electron chi connectivity index (χ2n) is 6.94. The van der Waals surface area contributed by atoms with Gasteiger partial charge in [0.2, 0.25) is 0 Å². The first-order chi connectivity index (χ1) is 14.2. The molecule has 0 spiro atoms. The second kappa shape index (κ2) is 8.27. The summed E-state index contributed by atoms with van der Waals surface area (Å²) in [7, 11) is 0. The van der Waals surface area contributed by atoms with Crippen LogP contribution in [0, 0.1) is 20.2 Å². The molecule has 12 nitrogen and oxygen atoms in total. The molecular formula is C18H18N4O8. The molecule has 1 aromatic carbocycles. The third-order valence-electron chi connectivity index (χ3n) is 4.76. The quantitative estimate of drug-likeness (QED) is 0.371. The topological polar surface area (TPSA) is 161 Å². The molecule has 0 saturated carbocycles. The van der Waals surface area contributed by atoms with Crippen molar-refractivity contribution < 1.29 is 29.0 Å². The fourth-order valence-electron chi connectivity index (χ4n) is 3.58. The van der Waals surface area contributed by atoms with E-state index in [2.05, 4.69) is 15.2 Å². The normalized spacial score (nSPS) is 17.8. The summed E-state index contributed by atoms with van der Waals surface area (Å²) in [5, 5.41) is 28.9. The van der Waals surface area contributed by atoms with Crippen molar-refractivity contribution in [2.75, 3.05) is 6.61 Å². The number of benzene rings is 1. The highest BCUT2D eigenvalue weighted by molar-refractivity contribution is 5.94. The Balaban J connectivity index is 2.06. The minimum absolute atomic E-state index is 0.0794. The molecule has 30 heavy (non-hydrogen) atoms. The number of rotatable bonds is 7. The van der Waals surface area contributed by atoms with Gasteiger partial charge in [-0.3, -0.25) is 10.1 Å². The number of hydrogen-bond acceptors (Lipinski definition) is 10. The van der Waals surface area contributed by atoms with Crippen LogP contribution < -0.4 is 0 Å². The summed E-state index contributed by atoms with van der Waals surface area (Å²) < 4.78 is 10.1. The molecule has 0 radical (unpaired) electrons. The molecule has 1 heterocycles. The van der Waals surface area contributed by atoms with Crippen molar-refractivity contribution >= 4 is 17.0 Å². The fraction of sp³-hybridized carbons (Fsp3) is 0.389. The van der Waals surface area contributed by atoms with Crippen LogP contribution in [-0.2, 0) is 14.4 Å². The van der Waals surface area contributed by atoms with Crippen molar-refractivity contribution in [3.8, 4) is 0 Å². The minimum Gasteiger partial charge on any atom is -0.457 e. The zero-order valence-electron chi connectivity index (χ0n) is 16.4. The van der Waals surface area contributed by atoms with Gasteiger partial charge in [-0.25, -0.2) is 9.42 Å². The van der Waals surface area contributed by atoms with Crippen LogP contribution in [0.15, 0.2) is 45.2 Å². The van der Waals surface area contributed by atoms with Crippen molar-refractivity contribution in [3.63, 3.8) is 0 Å². The van der Waals surface area contributed by atoms with Crippen molar-refractivity contribution in [3.05, 3.63) is 66.4 Å². The Bertz CT molecular complexity index is 1090. The monoisotopic (exact) mass is 418 g/mol. The number of hydrogen-bond donors (Lipinski definition) is 0. The van der Waals surface area contributed by atoms with Crippen molar-refractivity contribution in [2.45, 2.75) is 39.2 Å². The largest absolute Gasteiger partial charge is 0.457 e. The molecule has 158 valence electrons. The van der Waals surface area contributed by atoms with E-state index in [0.717, 1.165) is 0 Å². The first-order valence-corrected chi connectivity index (χ1v) is 8.93. The highest BCUT2D eigenvalue weighted by Crippen LogP contribution is 2.44. The van der Waals surface area contributed by atoms with E-state index >= 15 is 0 Å². The Morgan fingerprint density at radius 1 is 1.27 bits per heavy atom. The Morgan fingerprint density at radius 2 is 2.00 bits per heavy atom. The summed E-state index contributed by atoms with van der Waals surface area (Å²) in [6.45, 7) is 4.27. The number of allylic oxidation sites excluding steroid dienone is 3. The molecule has 12 heteroatoms. The number of carbonyl (C=O) groups is 1. The number of nitrogens with zero attached hydrogens (tertiary/aromatic N) is 4. The smallest absolute Gasteiger partial charge is 0.335 e. The standard InChI is InChI=1S/C18H18N4O8/c1-9-7-10(2)17(21(24)25)15(12-5-4-6-13-16(12)20-30-19-13)14(9)18(23)29-11(3)8-28-22(26)27/h4-6,11,15H,7-8H2,1-3H3/t11-,15-/m0/s1. The fourth-order valence-corrected chi connectivity index (χ4v) is 3.58. The zero-order chi connectivity index (χ0) is 22.0. The van der Waals surface area contributed by atoms with Gasteiger partial charge in [0.15, 0.2) is 0 Å². The maximum atomic E-state index is 13.0. The van der Waals surface area contributed by atoms with E-state index in [4.69, 9.17) is 9.37 Å². The first-order valence-electron chi connectivity index (χ1n) is 8.93. The minimum atomic E-state index is -1.07. The highest BCUT2D eigenvalue weighted by atomic mass is 17.0. The molecule has 0 unspecified atom stereocenters. The molecule has 0 N–H and O–H groups in total. The molecule has 1 aliphatic rings. The lowest BCUT2D eigenvalue weighted by Crippen LogP contribution is -2.29. The van der Waals surface area contributed by atoms with E-state index in [1.165, 1.54) is 6.92 Å². The van der Waals surface area contributed by atoms with Crippen molar-refractivity contribution in [2.24, 2.45) is 0 Å². The molecule has 0 fully saturated rings. The first kappa shape index (κ1) is 20.9. The van der Waals surface area contributed by atoms with Crippen LogP contribution in [0.25, 0.3) is 11.0 Å². The molecule has 2 atom stereocenters. The van der Waals surface area contributed by atoms with E-state index in [0.29, 0.717) is 27.7 Å². The lowest BCUT2D eigenvalue weighted by Gasteiger charge is -2.26. The Kier molecular flexibility index (Phi) is 5.76. The third kappa shape index (κ3) is 3.97. The Morgan fingerprint density at radius 3 is 2.67 bits per heavy atom. The van der Waals surface area contributed by atoms with Crippen LogP contribution in [0.3, 0.4) is 0 Å². The molecule has 1 aliphatic carbocycles. The molecule has 1 aromatic heterocycles. The van der Waals surface area contributed by atoms with Gasteiger partial charge in [0.25, 0.3) is 10.8 Å². The van der Waals surface area contributed by atoms with E-state index in [9.17, 15) is 25.0 Å². The summed E-state index contributed by atoms with van der Waals surface area (Å²) >= 11 is 0. The van der Waals surface area contributed by atoms with Gasteiger partial charge in [-0.1, -0.05) is 17.7 Å². The lowest BCUT2D eigenvalue weighted by molar-refractivity contribution is -0.759. The predicted molar refractivity (Wildman–Crippen MR) is 100 cm³/mol. The maximum absolute atomic E-state index is 13.0. The zero-order valence-corrected chi connectivity index (χ0v) is 16.4. The van der Waals surface area contributed by atoms with Gasteiger partial charge in [0, 0.05) is 11.1 Å². The second-order valence-corrected chi connectivity index (χ2v) is 6.94. The molecule has 0 amide bonds. The van der Waals surface area contributed by atoms with Crippen LogP contribution in [0.5, 0.6) is 0 Å². The van der Waals surface area contributed by atoms with Gasteiger partial charge in [-0.05, 0) is 43.6 Å². The number of carbonyl (C=O) groups excluding carboxylic acids is 1. The lowest BCUT2D eigenvalue weighted by atomic mass is 9.78. The van der Waals surface area contributed by atoms with Crippen LogP contribution in [0.1, 0.15) is 38.7 Å². The molecule has 0 saturated heterocycles. The number of ether oxygens (including phenoxy) is 1. The summed E-state index contributed by atoms with van der Waals surface area (Å²) in [6, 6.07) is 4.88. The Labute approximate surface area is 169 Å². The van der Waals surface area contributed by atoms with Crippen LogP contribution in [-0.4, -0.2) is 39.0 Å². The summed E-state index contributed by atoms with van der Waals surface area (Å²) in [5.41, 5.74) is 2.06. The van der Waals surface area contributed by atoms with Crippen LogP contribution >= 0.6 is 0 Å². The van der Waals surface area contributed by atoms with Gasteiger partial charge < -0.3 is 9.57 Å². The van der Waals surface area contributed by atoms with E-state index in [-0.39, 0.29) is 17.7 Å². The van der Waals surface area contributed by atoms with Gasteiger partial charge >= 0.3 is 5.97 Å². The number of esters is 1. The van der Waals surface area contributed by atoms with E-state index in [1.807, 2.05) is 0 Å². The molecular weight excluding hydrogens is 400 g/mol. The van der Waals surface area contributed by atoms with Crippen molar-refractivity contribution in [1.29, 1.82) is 0 Å². The summed E-state index contributed by atoms with van der Waals surface area (Å²) in [6.07, 6.45) is -0.733. The van der Waals surface area contributed by atoms with Crippen molar-refractivity contribution in [1.82, 2.24) is 10.3 Å². The van der Waals surface area contributed by atoms with Gasteiger partial charge in [0.05, 0.1) is 10.5 Å². The third-order valence-corrected chi connectivity index (χ3v) is 4.76. The van der Waals surface area contributed by atoms with E-state index < -0.39 is 34.6 Å². The number of fused-ring (bicyclic) bond motifs is 1. The summed E-state index contributed by atoms with van der Waals surface area (Å²) in [5.74, 6) is -1.89. The average Bonchev–Trinajstić information content (AvgIpc) is 3.14. The van der Waals surface area contributed by atoms with Crippen LogP contribution in [0.2, 0.25) is 0 Å². The average molecular weight is 418 g/mol. The summed E-state index contributed by atoms with van der Waals surface area (Å²) in [4.78, 5) is 39.0. The van der Waals surface area contributed by atoms with E-state index in [1.54, 1.807) is 32.0 Å². The van der Waals surface area contributed by atoms with Gasteiger partial charge in [-0.15, -0.1) is 10.1 Å².